The van der Waals surface area contributed by atoms with Gasteiger partial charge in [-0.1, -0.05) is 11.3 Å². The fraction of sp³-hybridized carbons (Fsp3) is 0.467. The number of rotatable bonds is 5. The molecule has 128 valence electrons. The highest BCUT2D eigenvalue weighted by Crippen LogP contribution is 2.28. The van der Waals surface area contributed by atoms with E-state index in [4.69, 9.17) is 4.74 Å². The van der Waals surface area contributed by atoms with Crippen LogP contribution in [0.5, 0.6) is 0 Å². The molecule has 1 N–H and O–H groups in total. The van der Waals surface area contributed by atoms with Crippen molar-refractivity contribution in [2.45, 2.75) is 13.5 Å². The smallest absolute Gasteiger partial charge is 0.251 e. The van der Waals surface area contributed by atoms with Crippen molar-refractivity contribution < 1.29 is 9.53 Å². The summed E-state index contributed by atoms with van der Waals surface area (Å²) in [4.78, 5) is 25.8. The van der Waals surface area contributed by atoms with Gasteiger partial charge in [0.1, 0.15) is 6.54 Å². The molecule has 1 amide bonds. The standard InChI is InChI=1S/C15H19N5O3S/c1-2-16-12(21)10-20-9-11(3-4-13(20)22)14-17-18-15(24-14)19-5-7-23-8-6-19/h3-4,9H,2,5-8,10H2,1H3,(H,16,21). The summed E-state index contributed by atoms with van der Waals surface area (Å²) in [5.41, 5.74) is 0.554. The number of hydrogen-bond acceptors (Lipinski definition) is 7. The van der Waals surface area contributed by atoms with Gasteiger partial charge in [-0.15, -0.1) is 10.2 Å². The number of ether oxygens (including phenoxy) is 1. The third-order valence-corrected chi connectivity index (χ3v) is 4.65. The normalized spacial score (nSPS) is 14.6. The second-order valence-corrected chi connectivity index (χ2v) is 6.28. The van der Waals surface area contributed by atoms with Crippen LogP contribution in [0.15, 0.2) is 23.1 Å². The Morgan fingerprint density at radius 3 is 2.88 bits per heavy atom. The summed E-state index contributed by atoms with van der Waals surface area (Å²) in [7, 11) is 0. The fourth-order valence-corrected chi connectivity index (χ4v) is 3.29. The number of amides is 1. The molecular formula is C15H19N5O3S. The minimum atomic E-state index is -0.220. The van der Waals surface area contributed by atoms with E-state index in [0.717, 1.165) is 28.8 Å². The molecule has 0 aliphatic carbocycles. The molecule has 1 fully saturated rings. The molecule has 24 heavy (non-hydrogen) atoms. The number of pyridine rings is 1. The Bertz CT molecular complexity index is 766. The average molecular weight is 349 g/mol. The van der Waals surface area contributed by atoms with E-state index in [-0.39, 0.29) is 18.0 Å². The summed E-state index contributed by atoms with van der Waals surface area (Å²) in [6.45, 7) is 5.34. The minimum Gasteiger partial charge on any atom is -0.378 e. The van der Waals surface area contributed by atoms with Gasteiger partial charge in [-0.2, -0.15) is 0 Å². The molecule has 0 aromatic carbocycles. The van der Waals surface area contributed by atoms with Gasteiger partial charge in [-0.25, -0.2) is 0 Å². The number of morpholine rings is 1. The highest BCUT2D eigenvalue weighted by molar-refractivity contribution is 7.18. The zero-order chi connectivity index (χ0) is 16.9. The zero-order valence-electron chi connectivity index (χ0n) is 13.4. The van der Waals surface area contributed by atoms with Crippen molar-refractivity contribution in [3.63, 3.8) is 0 Å². The highest BCUT2D eigenvalue weighted by Gasteiger charge is 2.17. The third-order valence-electron chi connectivity index (χ3n) is 3.61. The number of aromatic nitrogens is 3. The van der Waals surface area contributed by atoms with E-state index in [0.29, 0.717) is 19.8 Å². The molecule has 0 unspecified atom stereocenters. The largest absolute Gasteiger partial charge is 0.378 e. The van der Waals surface area contributed by atoms with Crippen LogP contribution >= 0.6 is 11.3 Å². The quantitative estimate of drug-likeness (QED) is 0.837. The van der Waals surface area contributed by atoms with Crippen LogP contribution in [-0.4, -0.2) is 53.5 Å². The molecule has 2 aromatic rings. The summed E-state index contributed by atoms with van der Waals surface area (Å²) >= 11 is 1.47. The molecule has 1 aliphatic heterocycles. The molecule has 8 nitrogen and oxygen atoms in total. The zero-order valence-corrected chi connectivity index (χ0v) is 14.2. The van der Waals surface area contributed by atoms with Gasteiger partial charge in [0.2, 0.25) is 11.0 Å². The van der Waals surface area contributed by atoms with Crippen LogP contribution in [0.1, 0.15) is 6.92 Å². The van der Waals surface area contributed by atoms with Crippen LogP contribution in [-0.2, 0) is 16.1 Å². The Kier molecular flexibility index (Phi) is 5.21. The molecule has 3 heterocycles. The molecular weight excluding hydrogens is 330 g/mol. The lowest BCUT2D eigenvalue weighted by molar-refractivity contribution is -0.121. The van der Waals surface area contributed by atoms with E-state index in [1.165, 1.54) is 22.0 Å². The fourth-order valence-electron chi connectivity index (χ4n) is 2.40. The molecule has 0 atom stereocenters. The number of carbonyl (C=O) groups excluding carboxylic acids is 1. The van der Waals surface area contributed by atoms with Crippen molar-refractivity contribution >= 4 is 22.4 Å². The minimum absolute atomic E-state index is 0.00433. The molecule has 3 rings (SSSR count). The first-order chi connectivity index (χ1) is 11.7. The second kappa shape index (κ2) is 7.54. The van der Waals surface area contributed by atoms with Crippen LogP contribution in [0.4, 0.5) is 5.13 Å². The van der Waals surface area contributed by atoms with E-state index in [1.807, 2.05) is 6.92 Å². The third kappa shape index (κ3) is 3.80. The number of likely N-dealkylation sites (N-methyl/N-ethyl adjacent to an activating group) is 1. The lowest BCUT2D eigenvalue weighted by Crippen LogP contribution is -2.36. The van der Waals surface area contributed by atoms with Crippen LogP contribution in [0, 0.1) is 0 Å². The monoisotopic (exact) mass is 349 g/mol. The first kappa shape index (κ1) is 16.6. The second-order valence-electron chi connectivity index (χ2n) is 5.33. The van der Waals surface area contributed by atoms with Gasteiger partial charge in [-0.3, -0.25) is 9.59 Å². The van der Waals surface area contributed by atoms with Crippen LogP contribution in [0.2, 0.25) is 0 Å². The van der Waals surface area contributed by atoms with E-state index in [9.17, 15) is 9.59 Å². The number of carbonyl (C=O) groups is 1. The van der Waals surface area contributed by atoms with Crippen molar-refractivity contribution in [3.8, 4) is 10.6 Å². The topological polar surface area (TPSA) is 89.3 Å². The van der Waals surface area contributed by atoms with Crippen LogP contribution in [0.25, 0.3) is 10.6 Å². The first-order valence-electron chi connectivity index (χ1n) is 7.81. The summed E-state index contributed by atoms with van der Waals surface area (Å²) in [5.74, 6) is -0.192. The summed E-state index contributed by atoms with van der Waals surface area (Å²) in [6, 6.07) is 3.16. The van der Waals surface area contributed by atoms with Gasteiger partial charge in [0.25, 0.3) is 5.56 Å². The van der Waals surface area contributed by atoms with Gasteiger partial charge in [0.15, 0.2) is 5.01 Å². The van der Waals surface area contributed by atoms with Crippen LogP contribution in [0.3, 0.4) is 0 Å². The molecule has 0 saturated carbocycles. The van der Waals surface area contributed by atoms with Gasteiger partial charge in [0.05, 0.1) is 13.2 Å². The molecule has 2 aromatic heterocycles. The average Bonchev–Trinajstić information content (AvgIpc) is 3.08. The lowest BCUT2D eigenvalue weighted by Gasteiger charge is -2.25. The molecule has 9 heteroatoms. The van der Waals surface area contributed by atoms with Crippen molar-refractivity contribution in [3.05, 3.63) is 28.7 Å². The van der Waals surface area contributed by atoms with Crippen molar-refractivity contribution in [2.24, 2.45) is 0 Å². The van der Waals surface area contributed by atoms with Crippen molar-refractivity contribution in [1.29, 1.82) is 0 Å². The molecule has 0 spiro atoms. The molecule has 1 saturated heterocycles. The Balaban J connectivity index is 1.80. The molecule has 0 bridgehead atoms. The Morgan fingerprint density at radius 1 is 1.33 bits per heavy atom. The maximum Gasteiger partial charge on any atom is 0.251 e. The summed E-state index contributed by atoms with van der Waals surface area (Å²) in [5, 5.41) is 12.7. The number of nitrogens with zero attached hydrogens (tertiary/aromatic N) is 4. The Morgan fingerprint density at radius 2 is 2.12 bits per heavy atom. The lowest BCUT2D eigenvalue weighted by atomic mass is 10.3. The number of hydrogen-bond donors (Lipinski definition) is 1. The number of nitrogens with one attached hydrogen (secondary N) is 1. The van der Waals surface area contributed by atoms with E-state index >= 15 is 0 Å². The predicted molar refractivity (Wildman–Crippen MR) is 91.3 cm³/mol. The highest BCUT2D eigenvalue weighted by atomic mass is 32.1. The van der Waals surface area contributed by atoms with E-state index < -0.39 is 0 Å². The Labute approximate surface area is 143 Å². The SMILES string of the molecule is CCNC(=O)Cn1cc(-c2nnc(N3CCOCC3)s2)ccc1=O. The first-order valence-corrected chi connectivity index (χ1v) is 8.63. The van der Waals surface area contributed by atoms with Crippen LogP contribution < -0.4 is 15.8 Å². The van der Waals surface area contributed by atoms with E-state index in [2.05, 4.69) is 20.4 Å². The van der Waals surface area contributed by atoms with Crippen molar-refractivity contribution in [1.82, 2.24) is 20.1 Å². The summed E-state index contributed by atoms with van der Waals surface area (Å²) < 4.78 is 6.72. The number of anilines is 1. The molecule has 0 radical (unpaired) electrons. The van der Waals surface area contributed by atoms with E-state index in [1.54, 1.807) is 12.3 Å². The maximum atomic E-state index is 11.9. The van der Waals surface area contributed by atoms with Gasteiger partial charge in [0, 0.05) is 37.5 Å². The van der Waals surface area contributed by atoms with Crippen molar-refractivity contribution in [2.75, 3.05) is 37.7 Å². The summed E-state index contributed by atoms with van der Waals surface area (Å²) in [6.07, 6.45) is 1.65. The van der Waals surface area contributed by atoms with Gasteiger partial charge >= 0.3 is 0 Å². The maximum absolute atomic E-state index is 11.9. The predicted octanol–water partition coefficient (Wildman–Crippen LogP) is 0.339. The Hall–Kier alpha value is -2.26. The molecule has 1 aliphatic rings. The van der Waals surface area contributed by atoms with Gasteiger partial charge in [-0.05, 0) is 13.0 Å². The van der Waals surface area contributed by atoms with Gasteiger partial charge < -0.3 is 19.5 Å².